The third-order valence-electron chi connectivity index (χ3n) is 6.97. The molecule has 0 aromatic heterocycles. The summed E-state index contributed by atoms with van der Waals surface area (Å²) >= 11 is 0. The van der Waals surface area contributed by atoms with Crippen molar-refractivity contribution in [2.75, 3.05) is 0 Å². The fourth-order valence-electron chi connectivity index (χ4n) is 5.34. The van der Waals surface area contributed by atoms with Crippen LogP contribution in [0.4, 0.5) is 0 Å². The Kier molecular flexibility index (Phi) is 4.85. The normalized spacial score (nSPS) is 12.5. The predicted molar refractivity (Wildman–Crippen MR) is 145 cm³/mol. The van der Waals surface area contributed by atoms with E-state index in [2.05, 4.69) is 73.7 Å². The van der Waals surface area contributed by atoms with Gasteiger partial charge in [0, 0.05) is 5.46 Å². The number of para-hydroxylation sites is 3. The Morgan fingerprint density at radius 3 is 1.86 bits per heavy atom. The Bertz CT molecular complexity index is 1540. The molecular formula is C32H23BO3. The van der Waals surface area contributed by atoms with Gasteiger partial charge < -0.3 is 14.2 Å². The number of rotatable bonds is 4. The van der Waals surface area contributed by atoms with E-state index in [1.165, 1.54) is 16.5 Å². The summed E-state index contributed by atoms with van der Waals surface area (Å²) in [7, 11) is 0. The van der Waals surface area contributed by atoms with E-state index >= 15 is 0 Å². The smallest absolute Gasteiger partial charge is 0.260 e. The van der Waals surface area contributed by atoms with Gasteiger partial charge in [0.15, 0.2) is 0 Å². The van der Waals surface area contributed by atoms with E-state index in [4.69, 9.17) is 14.2 Å². The maximum Gasteiger partial charge on any atom is 0.260 e. The van der Waals surface area contributed by atoms with Crippen molar-refractivity contribution in [2.45, 2.75) is 13.3 Å². The zero-order valence-electron chi connectivity index (χ0n) is 19.9. The van der Waals surface area contributed by atoms with Crippen LogP contribution in [0.15, 0.2) is 109 Å². The highest BCUT2D eigenvalue weighted by Gasteiger charge is 2.39. The summed E-state index contributed by atoms with van der Waals surface area (Å²) in [4.78, 5) is 0. The Morgan fingerprint density at radius 2 is 1.22 bits per heavy atom. The van der Waals surface area contributed by atoms with Gasteiger partial charge in [0.1, 0.15) is 34.5 Å². The average molecular weight is 466 g/mol. The van der Waals surface area contributed by atoms with E-state index < -0.39 is 0 Å². The Hall–Kier alpha value is -4.44. The highest BCUT2D eigenvalue weighted by Crippen LogP contribution is 2.36. The Labute approximate surface area is 211 Å². The molecule has 0 amide bonds. The SMILES string of the molecule is Cc1cc(Cc2cc3c4c(c2)Oc2ccccc2B4c2ccccc2O3)ccc1Oc1ccccc1. The molecule has 0 radical (unpaired) electrons. The molecule has 5 aromatic rings. The van der Waals surface area contributed by atoms with Crippen LogP contribution >= 0.6 is 0 Å². The lowest BCUT2D eigenvalue weighted by molar-refractivity contribution is 0.463. The van der Waals surface area contributed by atoms with Crippen LogP contribution in [0.5, 0.6) is 34.5 Å². The summed E-state index contributed by atoms with van der Waals surface area (Å²) in [5, 5.41) is 0. The van der Waals surface area contributed by atoms with Crippen molar-refractivity contribution in [2.24, 2.45) is 0 Å². The van der Waals surface area contributed by atoms with Gasteiger partial charge in [0.2, 0.25) is 0 Å². The van der Waals surface area contributed by atoms with Crippen molar-refractivity contribution < 1.29 is 14.2 Å². The number of hydrogen-bond acceptors (Lipinski definition) is 3. The lowest BCUT2D eigenvalue weighted by Crippen LogP contribution is -2.57. The molecule has 2 aliphatic heterocycles. The molecule has 0 unspecified atom stereocenters. The van der Waals surface area contributed by atoms with E-state index in [0.717, 1.165) is 57.5 Å². The summed E-state index contributed by atoms with van der Waals surface area (Å²) in [6.07, 6.45) is 0.771. The summed E-state index contributed by atoms with van der Waals surface area (Å²) in [6, 6.07) is 37.2. The van der Waals surface area contributed by atoms with E-state index in [9.17, 15) is 0 Å². The first kappa shape index (κ1) is 20.9. The van der Waals surface area contributed by atoms with Crippen molar-refractivity contribution in [3.63, 3.8) is 0 Å². The molecule has 0 saturated carbocycles. The number of ether oxygens (including phenoxy) is 3. The van der Waals surface area contributed by atoms with Crippen LogP contribution in [0.2, 0.25) is 0 Å². The molecule has 0 spiro atoms. The van der Waals surface area contributed by atoms with E-state index in [-0.39, 0.29) is 6.71 Å². The summed E-state index contributed by atoms with van der Waals surface area (Å²) in [5.74, 6) is 5.28. The minimum absolute atomic E-state index is 0.107. The third kappa shape index (κ3) is 3.54. The van der Waals surface area contributed by atoms with Gasteiger partial charge in [-0.1, -0.05) is 66.7 Å². The molecule has 2 heterocycles. The molecular weight excluding hydrogens is 443 g/mol. The van der Waals surface area contributed by atoms with Crippen LogP contribution in [-0.2, 0) is 6.42 Å². The quantitative estimate of drug-likeness (QED) is 0.293. The highest BCUT2D eigenvalue weighted by atomic mass is 16.5. The van der Waals surface area contributed by atoms with Crippen LogP contribution in [-0.4, -0.2) is 6.71 Å². The second kappa shape index (κ2) is 8.35. The van der Waals surface area contributed by atoms with Crippen molar-refractivity contribution in [3.8, 4) is 34.5 Å². The van der Waals surface area contributed by atoms with Crippen LogP contribution in [0, 0.1) is 6.92 Å². The lowest BCUT2D eigenvalue weighted by Gasteiger charge is -2.33. The predicted octanol–water partition coefficient (Wildman–Crippen LogP) is 6.11. The molecule has 36 heavy (non-hydrogen) atoms. The molecule has 0 atom stereocenters. The fourth-order valence-corrected chi connectivity index (χ4v) is 5.34. The number of fused-ring (bicyclic) bond motifs is 4. The molecule has 0 aliphatic carbocycles. The van der Waals surface area contributed by atoms with Gasteiger partial charge in [0.25, 0.3) is 6.71 Å². The van der Waals surface area contributed by atoms with Gasteiger partial charge in [-0.2, -0.15) is 0 Å². The van der Waals surface area contributed by atoms with E-state index in [1.807, 2.05) is 42.5 Å². The average Bonchev–Trinajstić information content (AvgIpc) is 2.90. The minimum Gasteiger partial charge on any atom is -0.458 e. The maximum atomic E-state index is 6.43. The molecule has 0 bridgehead atoms. The standard InChI is InChI=1S/C32H23BO3/c1-21-17-22(15-16-27(21)34-24-9-3-2-4-10-24)18-23-19-30-32-31(20-23)36-29-14-8-6-12-26(29)33(32)25-11-5-7-13-28(25)35-30/h2-17,19-20H,18H2,1H3. The zero-order chi connectivity index (χ0) is 24.1. The summed E-state index contributed by atoms with van der Waals surface area (Å²) in [5.41, 5.74) is 6.94. The molecule has 2 aliphatic rings. The maximum absolute atomic E-state index is 6.43. The number of hydrogen-bond donors (Lipinski definition) is 0. The molecule has 0 N–H and O–H groups in total. The molecule has 3 nitrogen and oxygen atoms in total. The van der Waals surface area contributed by atoms with Crippen molar-refractivity contribution in [3.05, 3.63) is 126 Å². The van der Waals surface area contributed by atoms with Crippen LogP contribution in [0.25, 0.3) is 0 Å². The molecule has 5 aromatic carbocycles. The fraction of sp³-hybridized carbons (Fsp3) is 0.0625. The number of aryl methyl sites for hydroxylation is 1. The van der Waals surface area contributed by atoms with Gasteiger partial charge in [-0.15, -0.1) is 0 Å². The molecule has 0 saturated heterocycles. The molecule has 0 fully saturated rings. The first-order valence-electron chi connectivity index (χ1n) is 12.3. The minimum atomic E-state index is 0.107. The first-order valence-corrected chi connectivity index (χ1v) is 12.3. The monoisotopic (exact) mass is 466 g/mol. The Balaban J connectivity index is 1.25. The summed E-state index contributed by atoms with van der Waals surface area (Å²) in [6.45, 7) is 2.19. The lowest BCUT2D eigenvalue weighted by atomic mass is 9.35. The number of benzene rings is 5. The van der Waals surface area contributed by atoms with Crippen LogP contribution < -0.4 is 30.6 Å². The van der Waals surface area contributed by atoms with Crippen LogP contribution in [0.3, 0.4) is 0 Å². The van der Waals surface area contributed by atoms with Crippen molar-refractivity contribution in [1.29, 1.82) is 0 Å². The Morgan fingerprint density at radius 1 is 0.611 bits per heavy atom. The molecule has 4 heteroatoms. The van der Waals surface area contributed by atoms with Gasteiger partial charge in [-0.05, 0) is 83.4 Å². The van der Waals surface area contributed by atoms with Crippen molar-refractivity contribution >= 4 is 23.1 Å². The van der Waals surface area contributed by atoms with Gasteiger partial charge in [0.05, 0.1) is 0 Å². The van der Waals surface area contributed by atoms with Crippen LogP contribution in [0.1, 0.15) is 16.7 Å². The highest BCUT2D eigenvalue weighted by molar-refractivity contribution is 6.98. The second-order valence-electron chi connectivity index (χ2n) is 9.41. The van der Waals surface area contributed by atoms with Gasteiger partial charge in [-0.25, -0.2) is 0 Å². The second-order valence-corrected chi connectivity index (χ2v) is 9.41. The summed E-state index contributed by atoms with van der Waals surface area (Å²) < 4.78 is 18.9. The first-order chi connectivity index (χ1) is 17.7. The van der Waals surface area contributed by atoms with E-state index in [1.54, 1.807) is 0 Å². The third-order valence-corrected chi connectivity index (χ3v) is 6.97. The van der Waals surface area contributed by atoms with Crippen molar-refractivity contribution in [1.82, 2.24) is 0 Å². The van der Waals surface area contributed by atoms with E-state index in [0.29, 0.717) is 0 Å². The van der Waals surface area contributed by atoms with Gasteiger partial charge >= 0.3 is 0 Å². The molecule has 172 valence electrons. The van der Waals surface area contributed by atoms with Gasteiger partial charge in [-0.3, -0.25) is 0 Å². The topological polar surface area (TPSA) is 27.7 Å². The molecule has 7 rings (SSSR count). The largest absolute Gasteiger partial charge is 0.458 e. The zero-order valence-corrected chi connectivity index (χ0v) is 19.9.